The normalized spacial score (nSPS) is 10.4. The second-order valence-electron chi connectivity index (χ2n) is 4.11. The van der Waals surface area contributed by atoms with Gasteiger partial charge in [-0.05, 0) is 25.1 Å². The number of nitrogens with zero attached hydrogens (tertiary/aromatic N) is 2. The maximum absolute atomic E-state index is 11.3. The van der Waals surface area contributed by atoms with Crippen LogP contribution in [0.25, 0.3) is 0 Å². The second-order valence-corrected chi connectivity index (χ2v) is 4.11. The highest BCUT2D eigenvalue weighted by Gasteiger charge is 2.10. The number of amides is 1. The molecule has 0 aliphatic carbocycles. The molecule has 0 spiro atoms. The molecule has 0 atom stereocenters. The molecule has 0 saturated carbocycles. The van der Waals surface area contributed by atoms with Crippen molar-refractivity contribution in [2.75, 3.05) is 5.73 Å². The minimum Gasteiger partial charge on any atom is -0.488 e. The standard InChI is InChI=1S/C13H16N4O2/c1-2-17-7-9(6-16-17)8-19-12-4-3-10(14)5-11(12)13(15)18/h3-7H,2,8,14H2,1H3,(H2,15,18). The predicted molar refractivity (Wildman–Crippen MR) is 71.6 cm³/mol. The quantitative estimate of drug-likeness (QED) is 0.788. The fraction of sp³-hybridized carbons (Fsp3) is 0.231. The van der Waals surface area contributed by atoms with E-state index in [-0.39, 0.29) is 5.56 Å². The molecule has 1 heterocycles. The zero-order valence-electron chi connectivity index (χ0n) is 10.7. The summed E-state index contributed by atoms with van der Waals surface area (Å²) in [7, 11) is 0. The molecular weight excluding hydrogens is 244 g/mol. The van der Waals surface area contributed by atoms with Crippen LogP contribution in [0.5, 0.6) is 5.75 Å². The highest BCUT2D eigenvalue weighted by Crippen LogP contribution is 2.22. The summed E-state index contributed by atoms with van der Waals surface area (Å²) in [6.45, 7) is 3.13. The van der Waals surface area contributed by atoms with Crippen molar-refractivity contribution in [2.24, 2.45) is 5.73 Å². The molecule has 2 rings (SSSR count). The Bertz CT molecular complexity index is 592. The number of primary amides is 1. The van der Waals surface area contributed by atoms with Crippen LogP contribution in [0.4, 0.5) is 5.69 Å². The van der Waals surface area contributed by atoms with Crippen LogP contribution in [-0.2, 0) is 13.2 Å². The Morgan fingerprint density at radius 2 is 2.26 bits per heavy atom. The lowest BCUT2D eigenvalue weighted by molar-refractivity contribution is 0.0996. The number of benzene rings is 1. The van der Waals surface area contributed by atoms with Gasteiger partial charge in [-0.1, -0.05) is 0 Å². The lowest BCUT2D eigenvalue weighted by Gasteiger charge is -2.09. The molecule has 2 aromatic rings. The Kier molecular flexibility index (Phi) is 3.70. The first kappa shape index (κ1) is 12.9. The molecule has 0 radical (unpaired) electrons. The molecule has 1 aromatic heterocycles. The van der Waals surface area contributed by atoms with E-state index in [4.69, 9.17) is 16.2 Å². The van der Waals surface area contributed by atoms with Crippen LogP contribution in [-0.4, -0.2) is 15.7 Å². The largest absolute Gasteiger partial charge is 0.488 e. The molecular formula is C13H16N4O2. The lowest BCUT2D eigenvalue weighted by atomic mass is 10.1. The van der Waals surface area contributed by atoms with Gasteiger partial charge in [-0.3, -0.25) is 9.48 Å². The monoisotopic (exact) mass is 260 g/mol. The molecule has 0 aliphatic rings. The fourth-order valence-electron chi connectivity index (χ4n) is 1.68. The molecule has 6 nitrogen and oxygen atoms in total. The molecule has 1 amide bonds. The van der Waals surface area contributed by atoms with Crippen molar-refractivity contribution in [1.82, 2.24) is 9.78 Å². The molecule has 6 heteroatoms. The maximum atomic E-state index is 11.3. The number of rotatable bonds is 5. The van der Waals surface area contributed by atoms with Crippen molar-refractivity contribution in [3.63, 3.8) is 0 Å². The van der Waals surface area contributed by atoms with Gasteiger partial charge < -0.3 is 16.2 Å². The zero-order valence-corrected chi connectivity index (χ0v) is 10.7. The average Bonchev–Trinajstić information content (AvgIpc) is 2.85. The first-order chi connectivity index (χ1) is 9.10. The summed E-state index contributed by atoms with van der Waals surface area (Å²) >= 11 is 0. The summed E-state index contributed by atoms with van der Waals surface area (Å²) in [5.74, 6) is -0.141. The van der Waals surface area contributed by atoms with Crippen LogP contribution >= 0.6 is 0 Å². The maximum Gasteiger partial charge on any atom is 0.252 e. The Hall–Kier alpha value is -2.50. The number of hydrogen-bond acceptors (Lipinski definition) is 4. The van der Waals surface area contributed by atoms with Crippen molar-refractivity contribution in [2.45, 2.75) is 20.1 Å². The fourth-order valence-corrected chi connectivity index (χ4v) is 1.68. The van der Waals surface area contributed by atoms with Gasteiger partial charge in [0.1, 0.15) is 12.4 Å². The van der Waals surface area contributed by atoms with E-state index >= 15 is 0 Å². The number of nitrogens with two attached hydrogens (primary N) is 2. The van der Waals surface area contributed by atoms with E-state index in [1.165, 1.54) is 6.07 Å². The van der Waals surface area contributed by atoms with E-state index in [2.05, 4.69) is 5.10 Å². The number of hydrogen-bond donors (Lipinski definition) is 2. The molecule has 0 saturated heterocycles. The summed E-state index contributed by atoms with van der Waals surface area (Å²) in [6, 6.07) is 4.81. The Morgan fingerprint density at radius 3 is 2.89 bits per heavy atom. The molecule has 0 aliphatic heterocycles. The summed E-state index contributed by atoms with van der Waals surface area (Å²) in [6.07, 6.45) is 3.62. The number of ether oxygens (including phenoxy) is 1. The zero-order chi connectivity index (χ0) is 13.8. The van der Waals surface area contributed by atoms with E-state index in [9.17, 15) is 4.79 Å². The second kappa shape index (κ2) is 5.43. The molecule has 19 heavy (non-hydrogen) atoms. The van der Waals surface area contributed by atoms with E-state index in [1.54, 1.807) is 23.0 Å². The van der Waals surface area contributed by atoms with Gasteiger partial charge in [0.2, 0.25) is 0 Å². The molecule has 0 unspecified atom stereocenters. The first-order valence-corrected chi connectivity index (χ1v) is 5.93. The van der Waals surface area contributed by atoms with Gasteiger partial charge in [-0.2, -0.15) is 5.10 Å². The molecule has 0 bridgehead atoms. The van der Waals surface area contributed by atoms with Gasteiger partial charge in [-0.25, -0.2) is 0 Å². The van der Waals surface area contributed by atoms with Gasteiger partial charge in [0, 0.05) is 24.0 Å². The minimum absolute atomic E-state index is 0.280. The smallest absolute Gasteiger partial charge is 0.252 e. The highest BCUT2D eigenvalue weighted by molar-refractivity contribution is 5.96. The summed E-state index contributed by atoms with van der Waals surface area (Å²) in [4.78, 5) is 11.3. The number of anilines is 1. The van der Waals surface area contributed by atoms with Crippen molar-refractivity contribution < 1.29 is 9.53 Å². The Labute approximate surface area is 111 Å². The number of carbonyl (C=O) groups excluding carboxylic acids is 1. The topological polar surface area (TPSA) is 96.2 Å². The summed E-state index contributed by atoms with van der Waals surface area (Å²) in [5.41, 5.74) is 12.6. The third-order valence-electron chi connectivity index (χ3n) is 2.67. The Morgan fingerprint density at radius 1 is 1.47 bits per heavy atom. The SMILES string of the molecule is CCn1cc(COc2ccc(N)cc2C(N)=O)cn1. The Balaban J connectivity index is 2.12. The van der Waals surface area contributed by atoms with Gasteiger partial charge in [0.25, 0.3) is 5.91 Å². The molecule has 0 fully saturated rings. The van der Waals surface area contributed by atoms with Crippen LogP contribution in [0.15, 0.2) is 30.6 Å². The van der Waals surface area contributed by atoms with Gasteiger partial charge in [-0.15, -0.1) is 0 Å². The number of aromatic nitrogens is 2. The van der Waals surface area contributed by atoms with Crippen molar-refractivity contribution in [1.29, 1.82) is 0 Å². The van der Waals surface area contributed by atoms with Crippen LogP contribution in [0.1, 0.15) is 22.8 Å². The molecule has 100 valence electrons. The number of carbonyl (C=O) groups is 1. The summed E-state index contributed by atoms with van der Waals surface area (Å²) < 4.78 is 7.39. The molecule has 1 aromatic carbocycles. The average molecular weight is 260 g/mol. The van der Waals surface area contributed by atoms with E-state index < -0.39 is 5.91 Å². The lowest BCUT2D eigenvalue weighted by Crippen LogP contribution is -2.13. The van der Waals surface area contributed by atoms with Crippen molar-refractivity contribution in [3.8, 4) is 5.75 Å². The van der Waals surface area contributed by atoms with Crippen molar-refractivity contribution >= 4 is 11.6 Å². The van der Waals surface area contributed by atoms with E-state index in [0.29, 0.717) is 18.0 Å². The number of nitrogen functional groups attached to an aromatic ring is 1. The van der Waals surface area contributed by atoms with E-state index in [0.717, 1.165) is 12.1 Å². The highest BCUT2D eigenvalue weighted by atomic mass is 16.5. The van der Waals surface area contributed by atoms with Crippen molar-refractivity contribution in [3.05, 3.63) is 41.7 Å². The van der Waals surface area contributed by atoms with Crippen LogP contribution in [0.3, 0.4) is 0 Å². The number of aryl methyl sites for hydroxylation is 1. The molecule has 4 N–H and O–H groups in total. The third-order valence-corrected chi connectivity index (χ3v) is 2.67. The van der Waals surface area contributed by atoms with Gasteiger partial charge in [0.15, 0.2) is 0 Å². The van der Waals surface area contributed by atoms with Gasteiger partial charge in [0.05, 0.1) is 11.8 Å². The minimum atomic E-state index is -0.563. The van der Waals surface area contributed by atoms with E-state index in [1.807, 2.05) is 13.1 Å². The first-order valence-electron chi connectivity index (χ1n) is 5.93. The van der Waals surface area contributed by atoms with Crippen LogP contribution in [0.2, 0.25) is 0 Å². The van der Waals surface area contributed by atoms with Crippen LogP contribution in [0, 0.1) is 0 Å². The van der Waals surface area contributed by atoms with Crippen LogP contribution < -0.4 is 16.2 Å². The van der Waals surface area contributed by atoms with Gasteiger partial charge >= 0.3 is 0 Å². The summed E-state index contributed by atoms with van der Waals surface area (Å²) in [5, 5.41) is 4.14. The third kappa shape index (κ3) is 3.04. The predicted octanol–water partition coefficient (Wildman–Crippen LogP) is 1.16.